The van der Waals surface area contributed by atoms with Crippen molar-refractivity contribution in [3.63, 3.8) is 0 Å². The van der Waals surface area contributed by atoms with Crippen molar-refractivity contribution in [1.29, 1.82) is 0 Å². The molecule has 4 nitrogen and oxygen atoms in total. The molecule has 1 atom stereocenters. The highest BCUT2D eigenvalue weighted by Gasteiger charge is 2.25. The lowest BCUT2D eigenvalue weighted by Crippen LogP contribution is -2.41. The average Bonchev–Trinajstić information content (AvgIpc) is 3.02. The van der Waals surface area contributed by atoms with Crippen molar-refractivity contribution in [2.24, 2.45) is 0 Å². The highest BCUT2D eigenvalue weighted by molar-refractivity contribution is 7.18. The molecule has 0 saturated carbocycles. The maximum absolute atomic E-state index is 13.3. The van der Waals surface area contributed by atoms with Gasteiger partial charge in [-0.25, -0.2) is 4.79 Å². The van der Waals surface area contributed by atoms with Crippen LogP contribution in [0.15, 0.2) is 39.9 Å². The Balaban J connectivity index is 2.05. The van der Waals surface area contributed by atoms with Gasteiger partial charge in [-0.2, -0.15) is 0 Å². The van der Waals surface area contributed by atoms with Crippen molar-refractivity contribution < 1.29 is 0 Å². The van der Waals surface area contributed by atoms with E-state index in [1.54, 1.807) is 15.9 Å². The van der Waals surface area contributed by atoms with Crippen LogP contribution in [0.1, 0.15) is 48.7 Å². The molecule has 0 N–H and O–H groups in total. The monoisotopic (exact) mass is 354 g/mol. The Morgan fingerprint density at radius 3 is 2.56 bits per heavy atom. The topological polar surface area (TPSA) is 44.0 Å². The van der Waals surface area contributed by atoms with Gasteiger partial charge in [0, 0.05) is 11.4 Å². The van der Waals surface area contributed by atoms with Gasteiger partial charge in [-0.1, -0.05) is 30.3 Å². The second kappa shape index (κ2) is 6.30. The van der Waals surface area contributed by atoms with E-state index in [1.807, 2.05) is 44.2 Å². The van der Waals surface area contributed by atoms with Crippen LogP contribution in [0, 0.1) is 0 Å². The molecule has 0 spiro atoms. The van der Waals surface area contributed by atoms with Crippen molar-refractivity contribution in [3.8, 4) is 0 Å². The molecule has 25 heavy (non-hydrogen) atoms. The molecule has 4 rings (SSSR count). The molecule has 0 amide bonds. The average molecular weight is 354 g/mol. The van der Waals surface area contributed by atoms with Crippen molar-refractivity contribution >= 4 is 21.6 Å². The zero-order valence-electron chi connectivity index (χ0n) is 14.6. The molecule has 0 saturated heterocycles. The summed E-state index contributed by atoms with van der Waals surface area (Å²) < 4.78 is 3.22. The number of hydrogen-bond acceptors (Lipinski definition) is 3. The van der Waals surface area contributed by atoms with Gasteiger partial charge in [-0.15, -0.1) is 11.3 Å². The zero-order valence-corrected chi connectivity index (χ0v) is 15.4. The fourth-order valence-corrected chi connectivity index (χ4v) is 5.32. The molecule has 3 aromatic rings. The lowest BCUT2D eigenvalue weighted by molar-refractivity contribution is 0.546. The quantitative estimate of drug-likeness (QED) is 0.719. The molecule has 1 aliphatic carbocycles. The molecule has 1 unspecified atom stereocenters. The molecule has 2 aromatic heterocycles. The summed E-state index contributed by atoms with van der Waals surface area (Å²) in [6, 6.07) is 9.50. The Bertz CT molecular complexity index is 1040. The van der Waals surface area contributed by atoms with Crippen LogP contribution < -0.4 is 11.2 Å². The predicted octanol–water partition coefficient (Wildman–Crippen LogP) is 3.73. The molecule has 130 valence electrons. The van der Waals surface area contributed by atoms with Gasteiger partial charge >= 0.3 is 5.69 Å². The fraction of sp³-hybridized carbons (Fsp3) is 0.400. The first-order valence-corrected chi connectivity index (χ1v) is 9.79. The van der Waals surface area contributed by atoms with Crippen LogP contribution in [0.25, 0.3) is 10.2 Å². The summed E-state index contributed by atoms with van der Waals surface area (Å²) in [7, 11) is 0. The van der Waals surface area contributed by atoms with Gasteiger partial charge in [0.2, 0.25) is 0 Å². The van der Waals surface area contributed by atoms with Crippen molar-refractivity contribution in [2.45, 2.75) is 52.1 Å². The third-order valence-electron chi connectivity index (χ3n) is 5.25. The molecule has 1 aliphatic rings. The lowest BCUT2D eigenvalue weighted by Gasteiger charge is -2.17. The van der Waals surface area contributed by atoms with Gasteiger partial charge in [0.25, 0.3) is 5.56 Å². The first-order valence-electron chi connectivity index (χ1n) is 8.98. The number of rotatable bonds is 3. The van der Waals surface area contributed by atoms with E-state index in [2.05, 4.69) is 0 Å². The number of aromatic nitrogens is 2. The standard InChI is InChI=1S/C20H22N2O2S/c1-3-21-19-17(15-11-7-8-12-16(15)25-19)18(23)22(20(21)24)13(2)14-9-5-4-6-10-14/h4-6,9-10,13H,3,7-8,11-12H2,1-2H3. The first kappa shape index (κ1) is 16.3. The summed E-state index contributed by atoms with van der Waals surface area (Å²) in [6.07, 6.45) is 4.27. The molecule has 1 aromatic carbocycles. The molecule has 0 bridgehead atoms. The van der Waals surface area contributed by atoms with Crippen LogP contribution in [0.5, 0.6) is 0 Å². The van der Waals surface area contributed by atoms with Gasteiger partial charge in [0.1, 0.15) is 4.83 Å². The van der Waals surface area contributed by atoms with E-state index in [1.165, 1.54) is 21.4 Å². The van der Waals surface area contributed by atoms with Crippen LogP contribution in [-0.4, -0.2) is 9.13 Å². The second-order valence-corrected chi connectivity index (χ2v) is 7.76. The molecule has 0 aliphatic heterocycles. The van der Waals surface area contributed by atoms with Crippen LogP contribution in [0.2, 0.25) is 0 Å². The summed E-state index contributed by atoms with van der Waals surface area (Å²) >= 11 is 1.65. The Morgan fingerprint density at radius 1 is 1.12 bits per heavy atom. The minimum atomic E-state index is -0.275. The number of nitrogens with zero attached hydrogens (tertiary/aromatic N) is 2. The lowest BCUT2D eigenvalue weighted by atomic mass is 9.97. The second-order valence-electron chi connectivity index (χ2n) is 6.68. The maximum atomic E-state index is 13.3. The van der Waals surface area contributed by atoms with Gasteiger partial charge in [0.15, 0.2) is 0 Å². The summed E-state index contributed by atoms with van der Waals surface area (Å²) in [4.78, 5) is 28.6. The van der Waals surface area contributed by atoms with E-state index < -0.39 is 0 Å². The normalized spacial score (nSPS) is 15.3. The Labute approximate surface area is 150 Å². The molecule has 2 heterocycles. The Hall–Kier alpha value is -2.14. The number of fused-ring (bicyclic) bond motifs is 3. The number of hydrogen-bond donors (Lipinski definition) is 0. The summed E-state index contributed by atoms with van der Waals surface area (Å²) in [5.41, 5.74) is 1.84. The van der Waals surface area contributed by atoms with E-state index in [-0.39, 0.29) is 17.3 Å². The molecule has 0 fully saturated rings. The molecular weight excluding hydrogens is 332 g/mol. The van der Waals surface area contributed by atoms with E-state index in [4.69, 9.17) is 0 Å². The van der Waals surface area contributed by atoms with Gasteiger partial charge in [-0.05, 0) is 50.7 Å². The van der Waals surface area contributed by atoms with Crippen LogP contribution in [0.4, 0.5) is 0 Å². The summed E-state index contributed by atoms with van der Waals surface area (Å²) in [6.45, 7) is 4.49. The fourth-order valence-electron chi connectivity index (χ4n) is 3.89. The largest absolute Gasteiger partial charge is 0.332 e. The minimum Gasteiger partial charge on any atom is -0.285 e. The zero-order chi connectivity index (χ0) is 17.6. The minimum absolute atomic E-state index is 0.125. The van der Waals surface area contributed by atoms with E-state index >= 15 is 0 Å². The van der Waals surface area contributed by atoms with Crippen molar-refractivity contribution in [3.05, 3.63) is 67.2 Å². The molecular formula is C20H22N2O2S. The Kier molecular flexibility index (Phi) is 4.12. The highest BCUT2D eigenvalue weighted by Crippen LogP contribution is 2.34. The molecule has 5 heteroatoms. The van der Waals surface area contributed by atoms with Crippen molar-refractivity contribution in [2.75, 3.05) is 0 Å². The van der Waals surface area contributed by atoms with Crippen LogP contribution >= 0.6 is 11.3 Å². The first-order chi connectivity index (χ1) is 12.1. The van der Waals surface area contributed by atoms with E-state index in [9.17, 15) is 9.59 Å². The summed E-state index contributed by atoms with van der Waals surface area (Å²) in [5.74, 6) is 0. The third-order valence-corrected chi connectivity index (χ3v) is 6.57. The van der Waals surface area contributed by atoms with Gasteiger partial charge in [-0.3, -0.25) is 13.9 Å². The SMILES string of the molecule is CCn1c(=O)n(C(C)c2ccccc2)c(=O)c2c3c(sc21)CCCC3. The Morgan fingerprint density at radius 2 is 1.84 bits per heavy atom. The summed E-state index contributed by atoms with van der Waals surface area (Å²) in [5, 5.41) is 0.781. The number of benzene rings is 1. The third kappa shape index (κ3) is 2.49. The van der Waals surface area contributed by atoms with Crippen LogP contribution in [-0.2, 0) is 19.4 Å². The number of aryl methyl sites for hydroxylation is 3. The van der Waals surface area contributed by atoms with Gasteiger partial charge in [0.05, 0.1) is 11.4 Å². The maximum Gasteiger partial charge on any atom is 0.332 e. The highest BCUT2D eigenvalue weighted by atomic mass is 32.1. The van der Waals surface area contributed by atoms with Crippen LogP contribution in [0.3, 0.4) is 0 Å². The van der Waals surface area contributed by atoms with E-state index in [0.29, 0.717) is 6.54 Å². The van der Waals surface area contributed by atoms with Crippen molar-refractivity contribution in [1.82, 2.24) is 9.13 Å². The molecule has 0 radical (unpaired) electrons. The predicted molar refractivity (Wildman–Crippen MR) is 103 cm³/mol. The number of thiophene rings is 1. The van der Waals surface area contributed by atoms with E-state index in [0.717, 1.165) is 35.0 Å². The van der Waals surface area contributed by atoms with Gasteiger partial charge < -0.3 is 0 Å². The smallest absolute Gasteiger partial charge is 0.285 e.